The number of phenols is 1. The van der Waals surface area contributed by atoms with Gasteiger partial charge in [0, 0.05) is 22.3 Å². The van der Waals surface area contributed by atoms with Gasteiger partial charge >= 0.3 is 0 Å². The fourth-order valence-electron chi connectivity index (χ4n) is 7.93. The maximum atomic E-state index is 14.1. The number of aromatic hydroxyl groups is 1. The molecule has 210 valence electrons. The number of aliphatic hydroxyl groups excluding tert-OH is 2. The average Bonchev–Trinajstić information content (AvgIpc) is 3.25. The number of hydrogen-bond acceptors (Lipinski definition) is 7. The first-order valence-electron chi connectivity index (χ1n) is 13.7. The third-order valence-electron chi connectivity index (χ3n) is 9.60. The molecule has 0 aromatic heterocycles. The molecule has 40 heavy (non-hydrogen) atoms. The van der Waals surface area contributed by atoms with Gasteiger partial charge in [0.15, 0.2) is 17.2 Å². The minimum absolute atomic E-state index is 0.0254. The lowest BCUT2D eigenvalue weighted by Crippen LogP contribution is -2.67. The molecular formula is C33H36O7. The fourth-order valence-corrected chi connectivity index (χ4v) is 7.93. The molecular weight excluding hydrogens is 508 g/mol. The molecule has 7 heteroatoms. The van der Waals surface area contributed by atoms with Crippen molar-refractivity contribution in [3.8, 4) is 5.75 Å². The van der Waals surface area contributed by atoms with Gasteiger partial charge in [0.1, 0.15) is 22.8 Å². The van der Waals surface area contributed by atoms with E-state index in [1.165, 1.54) is 6.07 Å². The molecule has 0 amide bonds. The zero-order valence-electron chi connectivity index (χ0n) is 23.8. The van der Waals surface area contributed by atoms with E-state index in [1.54, 1.807) is 19.9 Å². The van der Waals surface area contributed by atoms with E-state index in [4.69, 9.17) is 0 Å². The van der Waals surface area contributed by atoms with Gasteiger partial charge in [-0.15, -0.1) is 0 Å². The van der Waals surface area contributed by atoms with Crippen LogP contribution in [-0.2, 0) is 16.0 Å². The lowest BCUT2D eigenvalue weighted by atomic mass is 9.44. The lowest BCUT2D eigenvalue weighted by molar-refractivity contribution is -0.171. The van der Waals surface area contributed by atoms with Crippen molar-refractivity contribution in [1.29, 1.82) is 0 Å². The van der Waals surface area contributed by atoms with E-state index in [0.29, 0.717) is 5.56 Å². The van der Waals surface area contributed by atoms with Crippen molar-refractivity contribution in [1.82, 2.24) is 0 Å². The summed E-state index contributed by atoms with van der Waals surface area (Å²) in [5.74, 6) is -5.13. The Morgan fingerprint density at radius 3 is 2.35 bits per heavy atom. The smallest absolute Gasteiger partial charge is 0.209 e. The van der Waals surface area contributed by atoms with E-state index in [0.717, 1.165) is 30.1 Å². The van der Waals surface area contributed by atoms with E-state index in [9.17, 15) is 34.8 Å². The third kappa shape index (κ3) is 3.49. The molecule has 4 atom stereocenters. The number of hydrogen-bond donors (Lipinski definition) is 4. The van der Waals surface area contributed by atoms with Crippen LogP contribution in [-0.4, -0.2) is 43.4 Å². The Hall–Kier alpha value is -3.71. The van der Waals surface area contributed by atoms with Gasteiger partial charge in [-0.3, -0.25) is 14.4 Å². The number of rotatable bonds is 4. The molecule has 0 bridgehead atoms. The zero-order valence-corrected chi connectivity index (χ0v) is 23.8. The molecule has 1 aromatic carbocycles. The van der Waals surface area contributed by atoms with Gasteiger partial charge in [0.2, 0.25) is 5.78 Å². The number of allylic oxidation sites excluding steroid dienone is 7. The standard InChI is InChI=1S/C33H36O7/c1-16(2)25-27(36)23(18(4)34)29(38)33(40)30(39)26-28(37)24-21(14-31(26,5)15-32(25,33)6)20(12-13-22(24)35)11-10-19-9-7-8-17(19)3/h7-8,10-13,16,25,35-36,39-40H,9,14-15H2,1-6H3/b11-10+/t25?,31-,32-,33+/m1/s1. The van der Waals surface area contributed by atoms with Crippen LogP contribution in [0.4, 0.5) is 0 Å². The maximum Gasteiger partial charge on any atom is 0.209 e. The van der Waals surface area contributed by atoms with E-state index < -0.39 is 56.8 Å². The van der Waals surface area contributed by atoms with Crippen LogP contribution in [0.25, 0.3) is 6.08 Å². The van der Waals surface area contributed by atoms with Crippen LogP contribution in [0.15, 0.2) is 64.2 Å². The number of Topliss-reactive ketones (excluding diaryl/α,β-unsaturated/α-hetero) is 3. The molecule has 0 spiro atoms. The van der Waals surface area contributed by atoms with Crippen LogP contribution >= 0.6 is 0 Å². The molecule has 0 fully saturated rings. The SMILES string of the molecule is CC(=O)C1=C(O)C(C(C)C)[C@@]2(C)C[C@@]3(C)Cc4c(/C=C/C5=C(C)C=CC5)ccc(O)c4C(=O)C3=C(O)[C@@]2(O)C1=O. The van der Waals surface area contributed by atoms with Gasteiger partial charge < -0.3 is 20.4 Å². The fraction of sp³-hybridized carbons (Fsp3) is 0.424. The molecule has 0 aliphatic heterocycles. The zero-order chi connectivity index (χ0) is 29.5. The summed E-state index contributed by atoms with van der Waals surface area (Å²) in [6.45, 7) is 10.2. The van der Waals surface area contributed by atoms with Gasteiger partial charge in [-0.05, 0) is 67.4 Å². The number of aliphatic hydroxyl groups is 3. The molecule has 1 unspecified atom stereocenters. The Morgan fingerprint density at radius 1 is 1.10 bits per heavy atom. The van der Waals surface area contributed by atoms with Crippen LogP contribution in [0.3, 0.4) is 0 Å². The molecule has 0 radical (unpaired) electrons. The van der Waals surface area contributed by atoms with E-state index in [2.05, 4.69) is 12.2 Å². The quantitative estimate of drug-likeness (QED) is 0.361. The van der Waals surface area contributed by atoms with Crippen LogP contribution in [0.1, 0.15) is 75.9 Å². The normalized spacial score (nSPS) is 31.9. The first-order chi connectivity index (χ1) is 18.6. The highest BCUT2D eigenvalue weighted by atomic mass is 16.3. The third-order valence-corrected chi connectivity index (χ3v) is 9.60. The Morgan fingerprint density at radius 2 is 1.77 bits per heavy atom. The number of ketones is 3. The second-order valence-electron chi connectivity index (χ2n) is 12.6. The molecule has 0 saturated carbocycles. The minimum atomic E-state index is -2.61. The Bertz CT molecular complexity index is 1550. The lowest BCUT2D eigenvalue weighted by Gasteiger charge is -2.59. The number of carbonyl (C=O) groups is 3. The summed E-state index contributed by atoms with van der Waals surface area (Å²) in [5.41, 5.74) is -2.10. The second kappa shape index (κ2) is 8.90. The highest BCUT2D eigenvalue weighted by Crippen LogP contribution is 2.65. The van der Waals surface area contributed by atoms with Crippen molar-refractivity contribution in [2.75, 3.05) is 0 Å². The number of benzene rings is 1. The monoisotopic (exact) mass is 544 g/mol. The summed E-state index contributed by atoms with van der Waals surface area (Å²) >= 11 is 0. The number of fused-ring (bicyclic) bond motifs is 3. The molecule has 5 rings (SSSR count). The second-order valence-corrected chi connectivity index (χ2v) is 12.6. The van der Waals surface area contributed by atoms with Crippen molar-refractivity contribution < 1.29 is 34.8 Å². The maximum absolute atomic E-state index is 14.1. The molecule has 0 saturated heterocycles. The van der Waals surface area contributed by atoms with Crippen molar-refractivity contribution >= 4 is 23.4 Å². The first kappa shape index (κ1) is 27.8. The molecule has 4 aliphatic rings. The highest BCUT2D eigenvalue weighted by Gasteiger charge is 2.71. The Kier molecular flexibility index (Phi) is 6.19. The predicted molar refractivity (Wildman–Crippen MR) is 151 cm³/mol. The highest BCUT2D eigenvalue weighted by molar-refractivity contribution is 6.25. The van der Waals surface area contributed by atoms with Crippen molar-refractivity contribution in [3.05, 3.63) is 80.9 Å². The van der Waals surface area contributed by atoms with Crippen LogP contribution in [0.5, 0.6) is 5.75 Å². The molecule has 0 heterocycles. The van der Waals surface area contributed by atoms with Gasteiger partial charge in [-0.2, -0.15) is 0 Å². The summed E-state index contributed by atoms with van der Waals surface area (Å²) < 4.78 is 0. The molecule has 1 aromatic rings. The van der Waals surface area contributed by atoms with E-state index >= 15 is 0 Å². The van der Waals surface area contributed by atoms with Crippen molar-refractivity contribution in [3.63, 3.8) is 0 Å². The summed E-state index contributed by atoms with van der Waals surface area (Å²) in [7, 11) is 0. The van der Waals surface area contributed by atoms with Crippen LogP contribution in [0.2, 0.25) is 0 Å². The summed E-state index contributed by atoms with van der Waals surface area (Å²) in [6, 6.07) is 3.19. The van der Waals surface area contributed by atoms with Crippen molar-refractivity contribution in [2.45, 2.75) is 66.4 Å². The largest absolute Gasteiger partial charge is 0.511 e. The number of phenolic OH excluding ortho intramolecular Hbond substituents is 1. The topological polar surface area (TPSA) is 132 Å². The van der Waals surface area contributed by atoms with Crippen LogP contribution < -0.4 is 0 Å². The Labute approximate surface area is 233 Å². The average molecular weight is 545 g/mol. The van der Waals surface area contributed by atoms with E-state index in [1.807, 2.05) is 32.9 Å². The summed E-state index contributed by atoms with van der Waals surface area (Å²) in [4.78, 5) is 40.3. The summed E-state index contributed by atoms with van der Waals surface area (Å²) in [6.07, 6.45) is 9.17. The van der Waals surface area contributed by atoms with Crippen LogP contribution in [0, 0.1) is 22.7 Å². The molecule has 4 aliphatic carbocycles. The van der Waals surface area contributed by atoms with Gasteiger partial charge in [-0.1, -0.05) is 58.1 Å². The molecule has 4 N–H and O–H groups in total. The van der Waals surface area contributed by atoms with E-state index in [-0.39, 0.29) is 35.6 Å². The predicted octanol–water partition coefficient (Wildman–Crippen LogP) is 5.64. The van der Waals surface area contributed by atoms with Crippen molar-refractivity contribution in [2.24, 2.45) is 22.7 Å². The number of carbonyl (C=O) groups excluding carboxylic acids is 3. The van der Waals surface area contributed by atoms with Gasteiger partial charge in [-0.25, -0.2) is 0 Å². The van der Waals surface area contributed by atoms with Gasteiger partial charge in [0.05, 0.1) is 5.56 Å². The Balaban J connectivity index is 1.74. The van der Waals surface area contributed by atoms with Gasteiger partial charge in [0.25, 0.3) is 0 Å². The summed E-state index contributed by atoms with van der Waals surface area (Å²) in [5, 5.41) is 45.9. The molecule has 7 nitrogen and oxygen atoms in total. The minimum Gasteiger partial charge on any atom is -0.511 e. The first-order valence-corrected chi connectivity index (χ1v) is 13.7.